The van der Waals surface area contributed by atoms with Crippen molar-refractivity contribution in [1.82, 2.24) is 9.99 Å². The van der Waals surface area contributed by atoms with E-state index in [9.17, 15) is 8.42 Å². The van der Waals surface area contributed by atoms with Crippen molar-refractivity contribution in [3.8, 4) is 0 Å². The summed E-state index contributed by atoms with van der Waals surface area (Å²) in [6, 6.07) is 16.5. The number of nitrogens with two attached hydrogens (primary N) is 1. The van der Waals surface area contributed by atoms with Gasteiger partial charge in [-0.05, 0) is 53.1 Å². The van der Waals surface area contributed by atoms with E-state index in [-0.39, 0.29) is 18.2 Å². The normalized spacial score (nSPS) is 18.9. The average Bonchev–Trinajstić information content (AvgIpc) is 3.25. The van der Waals surface area contributed by atoms with E-state index in [1.54, 1.807) is 60.7 Å². The summed E-state index contributed by atoms with van der Waals surface area (Å²) in [7, 11) is -4.15. The third kappa shape index (κ3) is 3.98. The van der Waals surface area contributed by atoms with Crippen molar-refractivity contribution in [2.75, 3.05) is 6.54 Å². The number of hydrogen-bond donors (Lipinski definition) is 2. The van der Waals surface area contributed by atoms with Crippen molar-refractivity contribution >= 4 is 44.7 Å². The monoisotopic (exact) mass is 513 g/mol. The quantitative estimate of drug-likeness (QED) is 0.285. The summed E-state index contributed by atoms with van der Waals surface area (Å²) in [5.74, 6) is -0.376. The molecular weight excluding hydrogens is 493 g/mol. The third-order valence-corrected chi connectivity index (χ3v) is 8.92. The SMILES string of the molecule is C=CC(c1ccc(Cl)cc1)S(=O)(=O)C1(c2ccncc2)CN(C(=N)N)N=C1c1ccc(Cl)cc1. The highest BCUT2D eigenvalue weighted by molar-refractivity contribution is 7.93. The maximum atomic E-state index is 14.6. The van der Waals surface area contributed by atoms with Crippen molar-refractivity contribution in [3.05, 3.63) is 112 Å². The van der Waals surface area contributed by atoms with Crippen molar-refractivity contribution in [1.29, 1.82) is 5.41 Å². The molecule has 0 aliphatic carbocycles. The largest absolute Gasteiger partial charge is 0.369 e. The van der Waals surface area contributed by atoms with E-state index >= 15 is 0 Å². The van der Waals surface area contributed by atoms with Crippen molar-refractivity contribution in [2.24, 2.45) is 10.8 Å². The molecule has 10 heteroatoms. The fraction of sp³-hybridized carbons (Fsp3) is 0.125. The molecule has 3 aromatic rings. The number of pyridine rings is 1. The van der Waals surface area contributed by atoms with Gasteiger partial charge < -0.3 is 5.73 Å². The molecule has 0 amide bonds. The smallest absolute Gasteiger partial charge is 0.209 e. The van der Waals surface area contributed by atoms with Gasteiger partial charge in [0.05, 0.1) is 12.3 Å². The predicted octanol–water partition coefficient (Wildman–Crippen LogP) is 4.54. The fourth-order valence-corrected chi connectivity index (χ4v) is 6.76. The van der Waals surface area contributed by atoms with Gasteiger partial charge in [0.2, 0.25) is 5.96 Å². The lowest BCUT2D eigenvalue weighted by atomic mass is 9.90. The van der Waals surface area contributed by atoms with Crippen LogP contribution < -0.4 is 5.73 Å². The number of hydrogen-bond acceptors (Lipinski definition) is 5. The van der Waals surface area contributed by atoms with Gasteiger partial charge in [0.1, 0.15) is 5.25 Å². The third-order valence-electron chi connectivity index (χ3n) is 5.75. The Balaban J connectivity index is 2.02. The molecule has 2 heterocycles. The number of guanidine groups is 1. The minimum atomic E-state index is -4.15. The Kier molecular flexibility index (Phi) is 6.49. The predicted molar refractivity (Wildman–Crippen MR) is 136 cm³/mol. The molecule has 0 saturated heterocycles. The van der Waals surface area contributed by atoms with Gasteiger partial charge in [-0.3, -0.25) is 10.4 Å². The zero-order chi connectivity index (χ0) is 24.5. The molecule has 0 radical (unpaired) electrons. The molecule has 0 spiro atoms. The molecule has 1 aliphatic rings. The highest BCUT2D eigenvalue weighted by atomic mass is 35.5. The molecule has 0 saturated carbocycles. The van der Waals surface area contributed by atoms with E-state index in [1.807, 2.05) is 0 Å². The Morgan fingerprint density at radius 1 is 1.06 bits per heavy atom. The molecule has 0 bridgehead atoms. The molecule has 4 rings (SSSR count). The van der Waals surface area contributed by atoms with E-state index < -0.39 is 19.8 Å². The van der Waals surface area contributed by atoms with Crippen LogP contribution >= 0.6 is 23.2 Å². The number of benzene rings is 2. The van der Waals surface area contributed by atoms with Gasteiger partial charge in [0, 0.05) is 22.4 Å². The molecule has 2 unspecified atom stereocenters. The van der Waals surface area contributed by atoms with Gasteiger partial charge in [-0.1, -0.05) is 53.5 Å². The summed E-state index contributed by atoms with van der Waals surface area (Å²) < 4.78 is 27.6. The Morgan fingerprint density at radius 2 is 1.62 bits per heavy atom. The summed E-state index contributed by atoms with van der Waals surface area (Å²) in [4.78, 5) is 4.06. The van der Waals surface area contributed by atoms with Gasteiger partial charge in [0.25, 0.3) is 0 Å². The first-order chi connectivity index (χ1) is 16.2. The number of aromatic nitrogens is 1. The van der Waals surface area contributed by atoms with Crippen LogP contribution in [0.15, 0.2) is 90.8 Å². The van der Waals surface area contributed by atoms with Gasteiger partial charge in [-0.25, -0.2) is 13.4 Å². The molecule has 7 nitrogen and oxygen atoms in total. The second-order valence-electron chi connectivity index (χ2n) is 7.71. The Labute approximate surface area is 208 Å². The number of hydrazone groups is 1. The lowest BCUT2D eigenvalue weighted by Gasteiger charge is -2.34. The highest BCUT2D eigenvalue weighted by Crippen LogP contribution is 2.46. The molecule has 34 heavy (non-hydrogen) atoms. The molecule has 1 aromatic heterocycles. The van der Waals surface area contributed by atoms with Crippen LogP contribution in [0.5, 0.6) is 0 Å². The summed E-state index contributed by atoms with van der Waals surface area (Å²) >= 11 is 12.1. The van der Waals surface area contributed by atoms with Gasteiger partial charge in [-0.2, -0.15) is 5.10 Å². The van der Waals surface area contributed by atoms with Crippen LogP contribution in [-0.4, -0.2) is 36.6 Å². The lowest BCUT2D eigenvalue weighted by Crippen LogP contribution is -2.49. The standard InChI is InChI=1S/C24H21Cl2N5O2S/c1-2-21(16-3-7-19(25)8-4-16)34(32,33)24(18-11-13-29-14-12-18)15-31(23(27)28)30-22(24)17-5-9-20(26)10-6-17/h2-14,21H,1,15H2,(H3,27,28). The van der Waals surface area contributed by atoms with Crippen LogP contribution in [0.2, 0.25) is 10.0 Å². The van der Waals surface area contributed by atoms with E-state index in [0.29, 0.717) is 26.7 Å². The Bertz CT molecular complexity index is 1360. The van der Waals surface area contributed by atoms with Crippen molar-refractivity contribution < 1.29 is 8.42 Å². The van der Waals surface area contributed by atoms with Gasteiger partial charge in [0.15, 0.2) is 14.6 Å². The number of halogens is 2. The number of sulfone groups is 1. The van der Waals surface area contributed by atoms with E-state index in [1.165, 1.54) is 23.5 Å². The van der Waals surface area contributed by atoms with E-state index in [2.05, 4.69) is 16.7 Å². The average molecular weight is 514 g/mol. The number of nitrogens with zero attached hydrogens (tertiary/aromatic N) is 3. The summed E-state index contributed by atoms with van der Waals surface area (Å²) in [5, 5.41) is 13.6. The van der Waals surface area contributed by atoms with Crippen molar-refractivity contribution in [2.45, 2.75) is 10.00 Å². The molecule has 2 atom stereocenters. The number of nitrogens with one attached hydrogen (secondary N) is 1. The molecule has 1 aliphatic heterocycles. The molecule has 0 fully saturated rings. The summed E-state index contributed by atoms with van der Waals surface area (Å²) in [6.45, 7) is 3.63. The molecule has 3 N–H and O–H groups in total. The fourth-order valence-electron chi connectivity index (χ4n) is 4.11. The Hall–Kier alpha value is -3.20. The Morgan fingerprint density at radius 3 is 2.15 bits per heavy atom. The first-order valence-electron chi connectivity index (χ1n) is 10.2. The second kappa shape index (κ2) is 9.21. The lowest BCUT2D eigenvalue weighted by molar-refractivity contribution is 0.441. The minimum Gasteiger partial charge on any atom is -0.369 e. The zero-order valence-corrected chi connectivity index (χ0v) is 20.2. The van der Waals surface area contributed by atoms with Crippen LogP contribution in [0.25, 0.3) is 0 Å². The van der Waals surface area contributed by atoms with Crippen LogP contribution in [-0.2, 0) is 14.6 Å². The van der Waals surface area contributed by atoms with Crippen LogP contribution in [0.1, 0.15) is 21.9 Å². The van der Waals surface area contributed by atoms with Crippen molar-refractivity contribution in [3.63, 3.8) is 0 Å². The maximum absolute atomic E-state index is 14.6. The minimum absolute atomic E-state index is 0.190. The molecule has 174 valence electrons. The summed E-state index contributed by atoms with van der Waals surface area (Å²) in [5.41, 5.74) is 7.49. The van der Waals surface area contributed by atoms with E-state index in [0.717, 1.165) is 0 Å². The zero-order valence-electron chi connectivity index (χ0n) is 17.9. The maximum Gasteiger partial charge on any atom is 0.209 e. The topological polar surface area (TPSA) is 112 Å². The molecule has 2 aromatic carbocycles. The van der Waals surface area contributed by atoms with E-state index in [4.69, 9.17) is 34.3 Å². The first kappa shape index (κ1) is 23.9. The van der Waals surface area contributed by atoms with Crippen LogP contribution in [0.4, 0.5) is 0 Å². The first-order valence-corrected chi connectivity index (χ1v) is 12.5. The molecular formula is C24H21Cl2N5O2S. The van der Waals surface area contributed by atoms with Crippen LogP contribution in [0, 0.1) is 5.41 Å². The number of rotatable bonds is 6. The second-order valence-corrected chi connectivity index (χ2v) is 10.9. The van der Waals surface area contributed by atoms with Gasteiger partial charge in [-0.15, -0.1) is 6.58 Å². The highest BCUT2D eigenvalue weighted by Gasteiger charge is 2.57. The van der Waals surface area contributed by atoms with Crippen LogP contribution in [0.3, 0.4) is 0 Å². The van der Waals surface area contributed by atoms with Gasteiger partial charge >= 0.3 is 0 Å². The summed E-state index contributed by atoms with van der Waals surface area (Å²) in [6.07, 6.45) is 4.43.